The number of hydrogen-bond acceptors (Lipinski definition) is 5. The maximum Gasteiger partial charge on any atom is 0.370 e. The zero-order valence-electron chi connectivity index (χ0n) is 7.34. The second kappa shape index (κ2) is 3.32. The van der Waals surface area contributed by atoms with Gasteiger partial charge in [-0.3, -0.25) is 14.9 Å². The summed E-state index contributed by atoms with van der Waals surface area (Å²) in [5, 5.41) is 19.6. The van der Waals surface area contributed by atoms with Gasteiger partial charge in [0, 0.05) is 10.1 Å². The van der Waals surface area contributed by atoms with Crippen LogP contribution in [-0.4, -0.2) is 10.0 Å². The molecule has 0 aliphatic heterocycles. The lowest BCUT2D eigenvalue weighted by atomic mass is 10.2. The van der Waals surface area contributed by atoms with Crippen molar-refractivity contribution in [2.75, 3.05) is 0 Å². The molecule has 5 nitrogen and oxygen atoms in total. The maximum atomic E-state index is 11.5. The third kappa shape index (κ3) is 1.44. The third-order valence-electron chi connectivity index (χ3n) is 1.92. The lowest BCUT2D eigenvalue weighted by Crippen LogP contribution is -2.02. The quantitative estimate of drug-likeness (QED) is 0.591. The van der Waals surface area contributed by atoms with Gasteiger partial charge in [-0.1, -0.05) is 23.5 Å². The molecule has 0 spiro atoms. The van der Waals surface area contributed by atoms with Crippen molar-refractivity contribution in [1.82, 2.24) is 0 Å². The van der Waals surface area contributed by atoms with Crippen LogP contribution in [0.4, 0.5) is 5.00 Å². The summed E-state index contributed by atoms with van der Waals surface area (Å²) < 4.78 is 0.493. The van der Waals surface area contributed by atoms with Crippen LogP contribution < -0.4 is 5.43 Å². The summed E-state index contributed by atoms with van der Waals surface area (Å²) in [5.74, 6) is -0.788. The first-order valence-electron chi connectivity index (χ1n) is 4.00. The molecule has 0 fully saturated rings. The van der Waals surface area contributed by atoms with E-state index >= 15 is 0 Å². The molecule has 0 saturated heterocycles. The van der Waals surface area contributed by atoms with Crippen LogP contribution in [0.2, 0.25) is 0 Å². The summed E-state index contributed by atoms with van der Waals surface area (Å²) >= 11 is 0.787. The topological polar surface area (TPSA) is 80.4 Å². The number of fused-ring (bicyclic) bond motifs is 1. The number of rotatable bonds is 1. The van der Waals surface area contributed by atoms with E-state index in [2.05, 4.69) is 0 Å². The van der Waals surface area contributed by atoms with E-state index < -0.39 is 21.1 Å². The number of benzene rings is 1. The molecule has 2 rings (SSSR count). The van der Waals surface area contributed by atoms with Crippen LogP contribution in [0.25, 0.3) is 10.1 Å². The lowest BCUT2D eigenvalue weighted by Gasteiger charge is -1.97. The molecule has 0 amide bonds. The van der Waals surface area contributed by atoms with Gasteiger partial charge in [0.1, 0.15) is 0 Å². The number of nitro groups is 1. The van der Waals surface area contributed by atoms with Crippen molar-refractivity contribution < 1.29 is 10.0 Å². The monoisotopic (exact) mass is 223 g/mol. The average Bonchev–Trinajstić information content (AvgIpc) is 2.23. The van der Waals surface area contributed by atoms with E-state index in [0.717, 1.165) is 11.3 Å². The van der Waals surface area contributed by atoms with Gasteiger partial charge in [-0.2, -0.15) is 0 Å². The largest absolute Gasteiger partial charge is 0.499 e. The molecule has 0 atom stereocenters. The molecule has 0 bridgehead atoms. The van der Waals surface area contributed by atoms with Gasteiger partial charge >= 0.3 is 5.00 Å². The highest BCUT2D eigenvalue weighted by atomic mass is 32.1. The van der Waals surface area contributed by atoms with Gasteiger partial charge < -0.3 is 5.11 Å². The smallest absolute Gasteiger partial charge is 0.370 e. The summed E-state index contributed by atoms with van der Waals surface area (Å²) in [4.78, 5) is 21.3. The van der Waals surface area contributed by atoms with E-state index in [1.807, 2.05) is 0 Å². The lowest BCUT2D eigenvalue weighted by molar-refractivity contribution is -0.381. The Balaban J connectivity index is 2.95. The average molecular weight is 223 g/mol. The van der Waals surface area contributed by atoms with E-state index in [1.54, 1.807) is 18.2 Å². The van der Waals surface area contributed by atoms with Crippen LogP contribution in [0.5, 0.6) is 5.75 Å². The van der Waals surface area contributed by atoms with E-state index in [4.69, 9.17) is 0 Å². The van der Waals surface area contributed by atoms with Crippen molar-refractivity contribution in [2.24, 2.45) is 0 Å². The maximum absolute atomic E-state index is 11.5. The summed E-state index contributed by atoms with van der Waals surface area (Å²) in [6.45, 7) is 0. The van der Waals surface area contributed by atoms with Crippen LogP contribution in [0.15, 0.2) is 29.1 Å². The van der Waals surface area contributed by atoms with Gasteiger partial charge in [-0.25, -0.2) is 0 Å². The molecule has 2 aromatic rings. The molecule has 0 unspecified atom stereocenters. The molecule has 0 aliphatic carbocycles. The van der Waals surface area contributed by atoms with Gasteiger partial charge in [0.05, 0.1) is 4.92 Å². The number of hydrogen-bond donors (Lipinski definition) is 1. The molecule has 1 aromatic heterocycles. The van der Waals surface area contributed by atoms with E-state index in [0.29, 0.717) is 10.1 Å². The Morgan fingerprint density at radius 2 is 2.00 bits per heavy atom. The molecule has 15 heavy (non-hydrogen) atoms. The first kappa shape index (κ1) is 9.60. The minimum atomic E-state index is -0.788. The van der Waals surface area contributed by atoms with Gasteiger partial charge in [-0.15, -0.1) is 0 Å². The normalized spacial score (nSPS) is 10.4. The Labute approximate surface area is 87.4 Å². The van der Waals surface area contributed by atoms with Gasteiger partial charge in [-0.05, 0) is 12.1 Å². The predicted octanol–water partition coefficient (Wildman–Crippen LogP) is 1.88. The SMILES string of the molecule is O=c1c(O)c([N+](=O)[O-])sc2ccccc12. The van der Waals surface area contributed by atoms with E-state index in [1.165, 1.54) is 6.07 Å². The highest BCUT2D eigenvalue weighted by Gasteiger charge is 2.20. The standard InChI is InChI=1S/C9H5NO4S/c11-7-5-3-1-2-4-6(5)15-9(8(7)12)10(13)14/h1-4,12H. The van der Waals surface area contributed by atoms with Crippen LogP contribution >= 0.6 is 11.3 Å². The van der Waals surface area contributed by atoms with Crippen LogP contribution in [0.1, 0.15) is 0 Å². The highest BCUT2D eigenvalue weighted by molar-refractivity contribution is 7.21. The number of nitrogens with zero attached hydrogens (tertiary/aromatic N) is 1. The Morgan fingerprint density at radius 3 is 2.67 bits per heavy atom. The summed E-state index contributed by atoms with van der Waals surface area (Å²) in [5.41, 5.74) is -0.698. The van der Waals surface area contributed by atoms with Gasteiger partial charge in [0.25, 0.3) is 5.75 Å². The van der Waals surface area contributed by atoms with Crippen molar-refractivity contribution in [3.8, 4) is 5.75 Å². The molecule has 1 N–H and O–H groups in total. The zero-order chi connectivity index (χ0) is 11.0. The van der Waals surface area contributed by atoms with Gasteiger partial charge in [0.2, 0.25) is 5.43 Å². The molecule has 76 valence electrons. The van der Waals surface area contributed by atoms with Crippen LogP contribution in [0, 0.1) is 10.1 Å². The molecule has 1 aromatic carbocycles. The molecule has 1 heterocycles. The minimum absolute atomic E-state index is 0.297. The first-order valence-corrected chi connectivity index (χ1v) is 4.82. The highest BCUT2D eigenvalue weighted by Crippen LogP contribution is 2.32. The third-order valence-corrected chi connectivity index (χ3v) is 3.03. The van der Waals surface area contributed by atoms with Crippen LogP contribution in [-0.2, 0) is 0 Å². The Kier molecular flexibility index (Phi) is 2.12. The fraction of sp³-hybridized carbons (Fsp3) is 0. The second-order valence-corrected chi connectivity index (χ2v) is 3.87. The summed E-state index contributed by atoms with van der Waals surface area (Å²) in [6.07, 6.45) is 0. The van der Waals surface area contributed by atoms with E-state index in [-0.39, 0.29) is 0 Å². The zero-order valence-corrected chi connectivity index (χ0v) is 8.15. The van der Waals surface area contributed by atoms with Crippen molar-refractivity contribution >= 4 is 26.4 Å². The van der Waals surface area contributed by atoms with Crippen LogP contribution in [0.3, 0.4) is 0 Å². The summed E-state index contributed by atoms with van der Waals surface area (Å²) in [6, 6.07) is 6.45. The Hall–Kier alpha value is -1.95. The molecular formula is C9H5NO4S. The fourth-order valence-corrected chi connectivity index (χ4v) is 2.13. The predicted molar refractivity (Wildman–Crippen MR) is 56.4 cm³/mol. The second-order valence-electron chi connectivity index (χ2n) is 2.84. The number of aromatic hydroxyl groups is 1. The molecule has 0 saturated carbocycles. The first-order chi connectivity index (χ1) is 7.11. The molecular weight excluding hydrogens is 218 g/mol. The molecule has 0 radical (unpaired) electrons. The minimum Gasteiger partial charge on any atom is -0.499 e. The van der Waals surface area contributed by atoms with Gasteiger partial charge in [0.15, 0.2) is 0 Å². The van der Waals surface area contributed by atoms with Crippen molar-refractivity contribution in [3.05, 3.63) is 44.6 Å². The van der Waals surface area contributed by atoms with Crippen molar-refractivity contribution in [1.29, 1.82) is 0 Å². The Morgan fingerprint density at radius 1 is 1.33 bits per heavy atom. The molecule has 6 heteroatoms. The molecule has 0 aliphatic rings. The Bertz CT molecular complexity index is 605. The summed E-state index contributed by atoms with van der Waals surface area (Å²) in [7, 11) is 0. The fourth-order valence-electron chi connectivity index (χ4n) is 1.24. The van der Waals surface area contributed by atoms with Crippen molar-refractivity contribution in [2.45, 2.75) is 0 Å². The van der Waals surface area contributed by atoms with Crippen molar-refractivity contribution in [3.63, 3.8) is 0 Å². The van der Waals surface area contributed by atoms with E-state index in [9.17, 15) is 20.0 Å².